The number of amides is 1. The minimum Gasteiger partial charge on any atom is -0.481 e. The molecule has 230 valence electrons. The number of thiophene rings is 1. The van der Waals surface area contributed by atoms with Crippen LogP contribution in [0.5, 0.6) is 5.88 Å². The van der Waals surface area contributed by atoms with Crippen LogP contribution in [0.2, 0.25) is 0 Å². The molecule has 0 bridgehead atoms. The zero-order valence-electron chi connectivity index (χ0n) is 26.5. The first kappa shape index (κ1) is 32.8. The van der Waals surface area contributed by atoms with E-state index in [0.29, 0.717) is 24.9 Å². The number of carbonyl (C=O) groups is 2. The van der Waals surface area contributed by atoms with E-state index in [1.54, 1.807) is 7.11 Å². The third-order valence-electron chi connectivity index (χ3n) is 8.21. The quantitative estimate of drug-likeness (QED) is 0.141. The maximum Gasteiger partial charge on any atom is 0.410 e. The van der Waals surface area contributed by atoms with Gasteiger partial charge in [0.2, 0.25) is 5.88 Å². The van der Waals surface area contributed by atoms with Gasteiger partial charge in [0.05, 0.1) is 7.11 Å². The zero-order valence-corrected chi connectivity index (χ0v) is 27.3. The summed E-state index contributed by atoms with van der Waals surface area (Å²) in [5, 5.41) is 0. The Bertz CT molecular complexity index is 1230. The summed E-state index contributed by atoms with van der Waals surface area (Å²) in [5.41, 5.74) is 4.94. The lowest BCUT2D eigenvalue weighted by atomic mass is 9.83. The molecule has 3 heterocycles. The second-order valence-corrected chi connectivity index (χ2v) is 13.7. The number of allylic oxidation sites excluding steroid dienone is 1. The molecule has 0 aliphatic carbocycles. The minimum absolute atomic E-state index is 0. The Balaban J connectivity index is 0.00000462. The number of ether oxygens (including phenoxy) is 2. The lowest BCUT2D eigenvalue weighted by Gasteiger charge is -2.35. The van der Waals surface area contributed by atoms with E-state index in [4.69, 9.17) is 9.47 Å². The Morgan fingerprint density at radius 3 is 2.37 bits per heavy atom. The number of piperidine rings is 1. The Kier molecular flexibility index (Phi) is 11.6. The van der Waals surface area contributed by atoms with Gasteiger partial charge in [0.15, 0.2) is 5.78 Å². The Hall–Kier alpha value is -2.67. The van der Waals surface area contributed by atoms with Gasteiger partial charge in [-0.3, -0.25) is 4.79 Å². The summed E-state index contributed by atoms with van der Waals surface area (Å²) in [7, 11) is 1.69. The summed E-state index contributed by atoms with van der Waals surface area (Å²) >= 11 is 1.82. The molecule has 41 heavy (non-hydrogen) atoms. The van der Waals surface area contributed by atoms with E-state index < -0.39 is 5.60 Å². The van der Waals surface area contributed by atoms with Gasteiger partial charge in [-0.2, -0.15) is 0 Å². The number of aryl methyl sites for hydroxylation is 3. The molecule has 1 saturated heterocycles. The highest BCUT2D eigenvalue weighted by atomic mass is 32.1. The Labute approximate surface area is 254 Å². The molecule has 1 aliphatic rings. The molecule has 1 fully saturated rings. The summed E-state index contributed by atoms with van der Waals surface area (Å²) in [6, 6.07) is 2.12. The number of nitrogens with zero attached hydrogens (tertiary/aromatic N) is 2. The Morgan fingerprint density at radius 2 is 1.78 bits per heavy atom. The van der Waals surface area contributed by atoms with Crippen molar-refractivity contribution in [3.05, 3.63) is 56.4 Å². The topological polar surface area (TPSA) is 68.7 Å². The van der Waals surface area contributed by atoms with Crippen molar-refractivity contribution in [3.8, 4) is 5.88 Å². The van der Waals surface area contributed by atoms with Crippen LogP contribution in [0.3, 0.4) is 0 Å². The molecular formula is C34H54N2O4S. The summed E-state index contributed by atoms with van der Waals surface area (Å²) in [4.78, 5) is 34.3. The van der Waals surface area contributed by atoms with Crippen molar-refractivity contribution in [2.45, 2.75) is 111 Å². The molecule has 1 aliphatic heterocycles. The molecule has 2 aromatic heterocycles. The number of unbranched alkanes of at least 4 members (excludes halogenated alkanes) is 3. The number of ketones is 1. The highest BCUT2D eigenvalue weighted by molar-refractivity contribution is 7.12. The van der Waals surface area contributed by atoms with E-state index in [1.165, 1.54) is 27.0 Å². The largest absolute Gasteiger partial charge is 0.481 e. The predicted octanol–water partition coefficient (Wildman–Crippen LogP) is 9.03. The van der Waals surface area contributed by atoms with Gasteiger partial charge in [0.1, 0.15) is 5.60 Å². The SMILES string of the molecule is C=CC(=O)c1c(CCCCCCc2c(C)cc(C)nc2OC)sc([C@H](C)C2CCN(C(=O)OC(C)(C)C)CC2)c1C.[HH].[HH]. The van der Waals surface area contributed by atoms with E-state index in [2.05, 4.69) is 38.4 Å². The van der Waals surface area contributed by atoms with Crippen LogP contribution >= 0.6 is 11.3 Å². The molecule has 1 atom stereocenters. The minimum atomic E-state index is -0.481. The maximum absolute atomic E-state index is 12.9. The number of rotatable bonds is 12. The van der Waals surface area contributed by atoms with Gasteiger partial charge in [-0.15, -0.1) is 11.3 Å². The van der Waals surface area contributed by atoms with Gasteiger partial charge < -0.3 is 14.4 Å². The molecule has 2 aromatic rings. The van der Waals surface area contributed by atoms with Crippen molar-refractivity contribution in [1.82, 2.24) is 9.88 Å². The van der Waals surface area contributed by atoms with Crippen LogP contribution in [-0.4, -0.2) is 47.6 Å². The van der Waals surface area contributed by atoms with Crippen LogP contribution in [0.25, 0.3) is 0 Å². The van der Waals surface area contributed by atoms with Crippen LogP contribution in [0.1, 0.15) is 117 Å². The first-order chi connectivity index (χ1) is 19.4. The van der Waals surface area contributed by atoms with E-state index in [-0.39, 0.29) is 14.7 Å². The lowest BCUT2D eigenvalue weighted by Crippen LogP contribution is -2.42. The van der Waals surface area contributed by atoms with E-state index >= 15 is 0 Å². The second-order valence-electron chi connectivity index (χ2n) is 12.5. The molecule has 6 nitrogen and oxygen atoms in total. The van der Waals surface area contributed by atoms with Gasteiger partial charge in [-0.05, 0) is 115 Å². The molecule has 0 unspecified atom stereocenters. The third-order valence-corrected chi connectivity index (χ3v) is 9.76. The summed E-state index contributed by atoms with van der Waals surface area (Å²) in [5.74, 6) is 1.59. The highest BCUT2D eigenvalue weighted by Gasteiger charge is 2.32. The normalized spacial score (nSPS) is 15.1. The monoisotopic (exact) mass is 586 g/mol. The van der Waals surface area contributed by atoms with Gasteiger partial charge in [0, 0.05) is 42.5 Å². The fraction of sp³-hybridized carbons (Fsp3) is 0.618. The van der Waals surface area contributed by atoms with Crippen molar-refractivity contribution in [1.29, 1.82) is 0 Å². The molecule has 0 radical (unpaired) electrons. The molecule has 7 heteroatoms. The van der Waals surface area contributed by atoms with Crippen molar-refractivity contribution >= 4 is 23.2 Å². The molecule has 1 amide bonds. The number of hydrogen-bond donors (Lipinski definition) is 0. The fourth-order valence-corrected chi connectivity index (χ4v) is 7.49. The number of carbonyl (C=O) groups excluding carboxylic acids is 2. The van der Waals surface area contributed by atoms with Crippen LogP contribution in [-0.2, 0) is 17.6 Å². The predicted molar refractivity (Wildman–Crippen MR) is 173 cm³/mol. The van der Waals surface area contributed by atoms with Crippen LogP contribution in [0, 0.1) is 26.7 Å². The number of aromatic nitrogens is 1. The second kappa shape index (κ2) is 14.5. The number of methoxy groups -OCH3 is 1. The van der Waals surface area contributed by atoms with E-state index in [1.807, 2.05) is 43.9 Å². The fourth-order valence-electron chi connectivity index (χ4n) is 5.99. The highest BCUT2D eigenvalue weighted by Crippen LogP contribution is 2.41. The van der Waals surface area contributed by atoms with Crippen LogP contribution < -0.4 is 4.74 Å². The average Bonchev–Trinajstić information content (AvgIpc) is 3.25. The average molecular weight is 587 g/mol. The number of hydrogen-bond acceptors (Lipinski definition) is 6. The van der Waals surface area contributed by atoms with Crippen molar-refractivity contribution in [2.24, 2.45) is 5.92 Å². The summed E-state index contributed by atoms with van der Waals surface area (Å²) < 4.78 is 11.1. The molecular weight excluding hydrogens is 532 g/mol. The summed E-state index contributed by atoms with van der Waals surface area (Å²) in [6.07, 6.45) is 9.40. The molecule has 3 rings (SSSR count). The summed E-state index contributed by atoms with van der Waals surface area (Å²) in [6.45, 7) is 19.4. The van der Waals surface area contributed by atoms with E-state index in [0.717, 1.165) is 74.1 Å². The van der Waals surface area contributed by atoms with Gasteiger partial charge in [-0.25, -0.2) is 9.78 Å². The number of pyridine rings is 1. The lowest BCUT2D eigenvalue weighted by molar-refractivity contribution is 0.0176. The van der Waals surface area contributed by atoms with Gasteiger partial charge in [-0.1, -0.05) is 26.3 Å². The molecule has 0 saturated carbocycles. The zero-order chi connectivity index (χ0) is 30.3. The van der Waals surface area contributed by atoms with Crippen molar-refractivity contribution < 1.29 is 21.9 Å². The van der Waals surface area contributed by atoms with E-state index in [9.17, 15) is 9.59 Å². The first-order valence-electron chi connectivity index (χ1n) is 15.1. The smallest absolute Gasteiger partial charge is 0.410 e. The number of likely N-dealkylation sites (tertiary alicyclic amines) is 1. The van der Waals surface area contributed by atoms with Gasteiger partial charge in [0.25, 0.3) is 0 Å². The molecule has 0 N–H and O–H groups in total. The molecule has 0 spiro atoms. The third kappa shape index (κ3) is 8.67. The standard InChI is InChI=1S/C34H50N2O4S.2H2/c1-10-28(37)30-25(5)31(24(4)26-17-19-36(20-18-26)33(38)40-34(6,7)8)41-29(30)16-14-12-11-13-15-27-22(2)21-23(3)35-32(27)39-9;;/h10,21,24,26H,1,11-20H2,2-9H3;2*1H/t24-;;/m1../s1. The Morgan fingerprint density at radius 1 is 1.15 bits per heavy atom. The van der Waals surface area contributed by atoms with Crippen LogP contribution in [0.15, 0.2) is 18.7 Å². The van der Waals surface area contributed by atoms with Crippen molar-refractivity contribution in [3.63, 3.8) is 0 Å². The van der Waals surface area contributed by atoms with Crippen molar-refractivity contribution in [2.75, 3.05) is 20.2 Å². The van der Waals surface area contributed by atoms with Gasteiger partial charge >= 0.3 is 6.09 Å². The van der Waals surface area contributed by atoms with Crippen LogP contribution in [0.4, 0.5) is 4.79 Å². The maximum atomic E-state index is 12.9. The molecule has 0 aromatic carbocycles. The first-order valence-corrected chi connectivity index (χ1v) is 16.0.